The molecule has 2 heterocycles. The highest BCUT2D eigenvalue weighted by molar-refractivity contribution is 5.97. The van der Waals surface area contributed by atoms with Crippen LogP contribution in [0.5, 0.6) is 0 Å². The minimum atomic E-state index is -0.812. The maximum atomic E-state index is 10.9. The van der Waals surface area contributed by atoms with Gasteiger partial charge in [0.05, 0.1) is 5.52 Å². The molecule has 1 aromatic heterocycles. The molecule has 0 radical (unpaired) electrons. The van der Waals surface area contributed by atoms with Crippen LogP contribution in [0.4, 0.5) is 5.69 Å². The second-order valence-corrected chi connectivity index (χ2v) is 3.91. The molecule has 0 spiro atoms. The van der Waals surface area contributed by atoms with E-state index in [-0.39, 0.29) is 0 Å². The number of carbonyl (C=O) groups is 1. The maximum absolute atomic E-state index is 10.9. The second-order valence-electron chi connectivity index (χ2n) is 3.91. The van der Waals surface area contributed by atoms with Gasteiger partial charge in [-0.25, -0.2) is 4.79 Å². The zero-order chi connectivity index (χ0) is 11.1. The van der Waals surface area contributed by atoms with Crippen molar-refractivity contribution in [2.45, 2.75) is 12.5 Å². The van der Waals surface area contributed by atoms with Gasteiger partial charge >= 0.3 is 5.97 Å². The van der Waals surface area contributed by atoms with Crippen LogP contribution >= 0.6 is 0 Å². The highest BCUT2D eigenvalue weighted by atomic mass is 16.4. The van der Waals surface area contributed by atoms with Crippen molar-refractivity contribution in [3.05, 3.63) is 36.0 Å². The molecule has 1 aliphatic rings. The van der Waals surface area contributed by atoms with Crippen LogP contribution in [0.25, 0.3) is 10.9 Å². The second kappa shape index (κ2) is 3.20. The summed E-state index contributed by atoms with van der Waals surface area (Å²) in [5.41, 5.74) is 2.85. The molecule has 1 aromatic carbocycles. The summed E-state index contributed by atoms with van der Waals surface area (Å²) in [6.07, 6.45) is 2.27. The van der Waals surface area contributed by atoms with Crippen molar-refractivity contribution in [2.24, 2.45) is 0 Å². The molecule has 4 heteroatoms. The number of hydrogen-bond donors (Lipinski definition) is 2. The summed E-state index contributed by atoms with van der Waals surface area (Å²) < 4.78 is 0. The number of rotatable bonds is 1. The van der Waals surface area contributed by atoms with Crippen molar-refractivity contribution in [1.82, 2.24) is 4.98 Å². The Morgan fingerprint density at radius 1 is 1.44 bits per heavy atom. The van der Waals surface area contributed by atoms with Gasteiger partial charge in [-0.2, -0.15) is 0 Å². The average molecular weight is 214 g/mol. The molecule has 1 aliphatic heterocycles. The molecule has 1 unspecified atom stereocenters. The topological polar surface area (TPSA) is 62.2 Å². The number of benzene rings is 1. The van der Waals surface area contributed by atoms with E-state index >= 15 is 0 Å². The van der Waals surface area contributed by atoms with Crippen LogP contribution in [0, 0.1) is 0 Å². The Balaban J connectivity index is 2.17. The summed E-state index contributed by atoms with van der Waals surface area (Å²) in [6.45, 7) is 0. The lowest BCUT2D eigenvalue weighted by Gasteiger charge is -2.06. The molecule has 2 N–H and O–H groups in total. The van der Waals surface area contributed by atoms with Crippen molar-refractivity contribution in [3.63, 3.8) is 0 Å². The summed E-state index contributed by atoms with van der Waals surface area (Å²) in [4.78, 5) is 15.2. The van der Waals surface area contributed by atoms with E-state index in [0.29, 0.717) is 6.42 Å². The van der Waals surface area contributed by atoms with Crippen LogP contribution in [-0.2, 0) is 11.2 Å². The molecule has 0 saturated carbocycles. The Hall–Kier alpha value is -2.10. The van der Waals surface area contributed by atoms with Gasteiger partial charge in [0.15, 0.2) is 0 Å². The van der Waals surface area contributed by atoms with Crippen molar-refractivity contribution in [3.8, 4) is 0 Å². The normalized spacial score (nSPS) is 18.1. The standard InChI is InChI=1S/C12H10N2O2/c15-12(16)10-6-7-3-4-9-8(11(7)14-10)2-1-5-13-9/h1-5,10,14H,6H2,(H,15,16). The van der Waals surface area contributed by atoms with E-state index in [1.54, 1.807) is 6.20 Å². The van der Waals surface area contributed by atoms with Crippen molar-refractivity contribution in [1.29, 1.82) is 0 Å². The van der Waals surface area contributed by atoms with E-state index in [4.69, 9.17) is 5.11 Å². The predicted octanol–water partition coefficient (Wildman–Crippen LogP) is 1.66. The molecule has 16 heavy (non-hydrogen) atoms. The van der Waals surface area contributed by atoms with Gasteiger partial charge in [0.25, 0.3) is 0 Å². The molecule has 0 aliphatic carbocycles. The first kappa shape index (κ1) is 9.15. The fourth-order valence-electron chi connectivity index (χ4n) is 2.13. The average Bonchev–Trinajstić information content (AvgIpc) is 2.73. The van der Waals surface area contributed by atoms with Gasteiger partial charge in [-0.1, -0.05) is 6.07 Å². The third kappa shape index (κ3) is 1.23. The summed E-state index contributed by atoms with van der Waals surface area (Å²) >= 11 is 0. The SMILES string of the molecule is O=C(O)C1Cc2ccc3ncccc3c2N1. The lowest BCUT2D eigenvalue weighted by molar-refractivity contribution is -0.137. The quantitative estimate of drug-likeness (QED) is 0.757. The van der Waals surface area contributed by atoms with E-state index in [1.807, 2.05) is 24.3 Å². The highest BCUT2D eigenvalue weighted by Crippen LogP contribution is 2.32. The Bertz CT molecular complexity index is 580. The highest BCUT2D eigenvalue weighted by Gasteiger charge is 2.27. The van der Waals surface area contributed by atoms with Crippen LogP contribution in [0.15, 0.2) is 30.5 Å². The Labute approximate surface area is 91.9 Å². The Morgan fingerprint density at radius 2 is 2.31 bits per heavy atom. The van der Waals surface area contributed by atoms with E-state index in [9.17, 15) is 4.79 Å². The predicted molar refractivity (Wildman–Crippen MR) is 60.5 cm³/mol. The van der Waals surface area contributed by atoms with Gasteiger partial charge in [-0.05, 0) is 23.8 Å². The fraction of sp³-hybridized carbons (Fsp3) is 0.167. The number of hydrogen-bond acceptors (Lipinski definition) is 3. The van der Waals surface area contributed by atoms with E-state index < -0.39 is 12.0 Å². The summed E-state index contributed by atoms with van der Waals surface area (Å²) in [7, 11) is 0. The number of fused-ring (bicyclic) bond motifs is 3. The molecule has 2 aromatic rings. The molecule has 0 bridgehead atoms. The van der Waals surface area contributed by atoms with Crippen LogP contribution in [0.2, 0.25) is 0 Å². The maximum Gasteiger partial charge on any atom is 0.326 e. The molecular weight excluding hydrogens is 204 g/mol. The Kier molecular flexibility index (Phi) is 1.83. The largest absolute Gasteiger partial charge is 0.480 e. The van der Waals surface area contributed by atoms with Gasteiger partial charge in [-0.3, -0.25) is 4.98 Å². The summed E-state index contributed by atoms with van der Waals surface area (Å²) in [6, 6.07) is 7.18. The molecule has 80 valence electrons. The number of nitrogens with one attached hydrogen (secondary N) is 1. The van der Waals surface area contributed by atoms with Crippen LogP contribution < -0.4 is 5.32 Å². The van der Waals surface area contributed by atoms with Crippen LogP contribution in [0.1, 0.15) is 5.56 Å². The zero-order valence-electron chi connectivity index (χ0n) is 8.47. The van der Waals surface area contributed by atoms with Crippen molar-refractivity contribution in [2.75, 3.05) is 5.32 Å². The van der Waals surface area contributed by atoms with Gasteiger partial charge in [0, 0.05) is 23.7 Å². The summed E-state index contributed by atoms with van der Waals surface area (Å²) in [5, 5.41) is 13.0. The van der Waals surface area contributed by atoms with Gasteiger partial charge in [0.1, 0.15) is 6.04 Å². The molecule has 3 rings (SSSR count). The molecule has 0 fully saturated rings. The van der Waals surface area contributed by atoms with E-state index in [1.165, 1.54) is 0 Å². The number of aliphatic carboxylic acids is 1. The van der Waals surface area contributed by atoms with Crippen molar-refractivity contribution < 1.29 is 9.90 Å². The first-order valence-electron chi connectivity index (χ1n) is 5.11. The molecule has 1 atom stereocenters. The Morgan fingerprint density at radius 3 is 3.12 bits per heavy atom. The molecule has 4 nitrogen and oxygen atoms in total. The van der Waals surface area contributed by atoms with Crippen LogP contribution in [-0.4, -0.2) is 22.1 Å². The van der Waals surface area contributed by atoms with Gasteiger partial charge in [0.2, 0.25) is 0 Å². The number of aromatic nitrogens is 1. The first-order valence-corrected chi connectivity index (χ1v) is 5.11. The number of carboxylic acids is 1. The molecular formula is C12H10N2O2. The van der Waals surface area contributed by atoms with E-state index in [0.717, 1.165) is 22.2 Å². The first-order chi connectivity index (χ1) is 7.75. The number of pyridine rings is 1. The minimum absolute atomic E-state index is 0.513. The van der Waals surface area contributed by atoms with Crippen molar-refractivity contribution >= 4 is 22.6 Å². The summed E-state index contributed by atoms with van der Waals surface area (Å²) in [5.74, 6) is -0.812. The molecule has 0 amide bonds. The smallest absolute Gasteiger partial charge is 0.326 e. The van der Waals surface area contributed by atoms with Gasteiger partial charge < -0.3 is 10.4 Å². The lowest BCUT2D eigenvalue weighted by Crippen LogP contribution is -2.26. The lowest BCUT2D eigenvalue weighted by atomic mass is 10.1. The monoisotopic (exact) mass is 214 g/mol. The fourth-order valence-corrected chi connectivity index (χ4v) is 2.13. The van der Waals surface area contributed by atoms with Crippen LogP contribution in [0.3, 0.4) is 0 Å². The molecule has 0 saturated heterocycles. The third-order valence-corrected chi connectivity index (χ3v) is 2.91. The number of anilines is 1. The van der Waals surface area contributed by atoms with Gasteiger partial charge in [-0.15, -0.1) is 0 Å². The minimum Gasteiger partial charge on any atom is -0.480 e. The third-order valence-electron chi connectivity index (χ3n) is 2.91. The van der Waals surface area contributed by atoms with E-state index in [2.05, 4.69) is 10.3 Å². The zero-order valence-corrected chi connectivity index (χ0v) is 8.47. The number of nitrogens with zero attached hydrogens (tertiary/aromatic N) is 1. The number of carboxylic acid groups (broad SMARTS) is 1.